The van der Waals surface area contributed by atoms with Gasteiger partial charge in [0, 0.05) is 11.8 Å². The molecule has 1 aromatic carbocycles. The normalized spacial score (nSPS) is 10.7. The highest BCUT2D eigenvalue weighted by Gasteiger charge is 2.15. The Morgan fingerprint density at radius 3 is 2.74 bits per heavy atom. The Bertz CT molecular complexity index is 905. The molecule has 2 aromatic heterocycles. The first-order valence-corrected chi connectivity index (χ1v) is 7.08. The van der Waals surface area contributed by atoms with E-state index in [9.17, 15) is 9.90 Å². The van der Waals surface area contributed by atoms with E-state index in [0.29, 0.717) is 17.1 Å². The van der Waals surface area contributed by atoms with Crippen LogP contribution in [0.25, 0.3) is 17.1 Å². The Labute approximate surface area is 136 Å². The maximum Gasteiger partial charge on any atom is 0.335 e. The monoisotopic (exact) mass is 329 g/mol. The van der Waals surface area contributed by atoms with Crippen molar-refractivity contribution in [3.63, 3.8) is 0 Å². The van der Waals surface area contributed by atoms with Gasteiger partial charge in [0.05, 0.1) is 22.5 Å². The SMILES string of the molecule is Cc1cnn(-c2cc(C(=O)O)ccn2)c1-c1ccc(Cl)c(O)c1. The van der Waals surface area contributed by atoms with Gasteiger partial charge in [0.25, 0.3) is 0 Å². The second kappa shape index (κ2) is 5.73. The number of phenolic OH excluding ortho intramolecular Hbond substituents is 1. The highest BCUT2D eigenvalue weighted by Crippen LogP contribution is 2.32. The number of aromatic hydroxyl groups is 1. The number of rotatable bonds is 3. The number of aromatic nitrogens is 3. The van der Waals surface area contributed by atoms with Gasteiger partial charge in [0.15, 0.2) is 5.82 Å². The minimum atomic E-state index is -1.04. The van der Waals surface area contributed by atoms with Gasteiger partial charge < -0.3 is 10.2 Å². The largest absolute Gasteiger partial charge is 0.506 e. The van der Waals surface area contributed by atoms with E-state index in [1.54, 1.807) is 18.3 Å². The first kappa shape index (κ1) is 15.1. The number of aryl methyl sites for hydroxylation is 1. The van der Waals surface area contributed by atoms with Crippen molar-refractivity contribution in [1.29, 1.82) is 0 Å². The van der Waals surface area contributed by atoms with Crippen molar-refractivity contribution >= 4 is 17.6 Å². The van der Waals surface area contributed by atoms with Crippen LogP contribution >= 0.6 is 11.6 Å². The zero-order valence-electron chi connectivity index (χ0n) is 12.1. The van der Waals surface area contributed by atoms with Crippen LogP contribution in [0, 0.1) is 6.92 Å². The van der Waals surface area contributed by atoms with Gasteiger partial charge >= 0.3 is 5.97 Å². The third-order valence-corrected chi connectivity index (χ3v) is 3.70. The van der Waals surface area contributed by atoms with Crippen molar-refractivity contribution < 1.29 is 15.0 Å². The van der Waals surface area contributed by atoms with Gasteiger partial charge in [-0.05, 0) is 36.8 Å². The average molecular weight is 330 g/mol. The van der Waals surface area contributed by atoms with Crippen LogP contribution in [0.15, 0.2) is 42.7 Å². The van der Waals surface area contributed by atoms with Crippen LogP contribution in [0.1, 0.15) is 15.9 Å². The van der Waals surface area contributed by atoms with Gasteiger partial charge in [-0.25, -0.2) is 14.5 Å². The fourth-order valence-electron chi connectivity index (χ4n) is 2.28. The molecule has 2 N–H and O–H groups in total. The van der Waals surface area contributed by atoms with E-state index in [-0.39, 0.29) is 16.3 Å². The lowest BCUT2D eigenvalue weighted by atomic mass is 10.1. The molecule has 0 aliphatic rings. The van der Waals surface area contributed by atoms with Gasteiger partial charge in [-0.1, -0.05) is 17.7 Å². The molecule has 0 unspecified atom stereocenters. The van der Waals surface area contributed by atoms with Crippen LogP contribution in [-0.2, 0) is 0 Å². The minimum Gasteiger partial charge on any atom is -0.506 e. The molecule has 3 aromatic rings. The lowest BCUT2D eigenvalue weighted by Gasteiger charge is -2.09. The summed E-state index contributed by atoms with van der Waals surface area (Å²) in [7, 11) is 0. The van der Waals surface area contributed by atoms with Crippen molar-refractivity contribution in [1.82, 2.24) is 14.8 Å². The molecule has 0 atom stereocenters. The predicted molar refractivity (Wildman–Crippen MR) is 85.2 cm³/mol. The summed E-state index contributed by atoms with van der Waals surface area (Å²) in [5.74, 6) is -0.700. The number of phenols is 1. The second-order valence-corrected chi connectivity index (χ2v) is 5.37. The summed E-state index contributed by atoms with van der Waals surface area (Å²) in [6.45, 7) is 1.87. The summed E-state index contributed by atoms with van der Waals surface area (Å²) >= 11 is 5.84. The Morgan fingerprint density at radius 2 is 2.04 bits per heavy atom. The summed E-state index contributed by atoms with van der Waals surface area (Å²) in [5.41, 5.74) is 2.37. The number of hydrogen-bond donors (Lipinski definition) is 2. The van der Waals surface area contributed by atoms with Crippen molar-refractivity contribution in [2.24, 2.45) is 0 Å². The number of carbonyl (C=O) groups is 1. The summed E-state index contributed by atoms with van der Waals surface area (Å²) in [5, 5.41) is 23.4. The smallest absolute Gasteiger partial charge is 0.335 e. The van der Waals surface area contributed by atoms with E-state index in [1.807, 2.05) is 6.92 Å². The zero-order valence-corrected chi connectivity index (χ0v) is 12.8. The van der Waals surface area contributed by atoms with Crippen molar-refractivity contribution in [3.05, 3.63) is 58.9 Å². The lowest BCUT2D eigenvalue weighted by molar-refractivity contribution is 0.0696. The molecular formula is C16H12ClN3O3. The molecule has 116 valence electrons. The van der Waals surface area contributed by atoms with Crippen LogP contribution in [0.3, 0.4) is 0 Å². The van der Waals surface area contributed by atoms with Gasteiger partial charge in [0.1, 0.15) is 5.75 Å². The molecule has 2 heterocycles. The van der Waals surface area contributed by atoms with Crippen LogP contribution < -0.4 is 0 Å². The Balaban J connectivity index is 2.17. The number of benzene rings is 1. The number of carboxylic acid groups (broad SMARTS) is 1. The molecule has 7 heteroatoms. The van der Waals surface area contributed by atoms with E-state index in [2.05, 4.69) is 10.1 Å². The Kier molecular flexibility index (Phi) is 3.75. The molecule has 0 radical (unpaired) electrons. The fourth-order valence-corrected chi connectivity index (χ4v) is 2.40. The van der Waals surface area contributed by atoms with Gasteiger partial charge in [-0.15, -0.1) is 0 Å². The summed E-state index contributed by atoms with van der Waals surface area (Å²) in [6, 6.07) is 7.72. The summed E-state index contributed by atoms with van der Waals surface area (Å²) in [4.78, 5) is 15.3. The molecule has 0 spiro atoms. The summed E-state index contributed by atoms with van der Waals surface area (Å²) in [6.07, 6.45) is 3.06. The summed E-state index contributed by atoms with van der Waals surface area (Å²) < 4.78 is 1.53. The third-order valence-electron chi connectivity index (χ3n) is 3.38. The van der Waals surface area contributed by atoms with Crippen LogP contribution in [0.2, 0.25) is 5.02 Å². The van der Waals surface area contributed by atoms with E-state index in [1.165, 1.54) is 29.1 Å². The third kappa shape index (κ3) is 2.76. The first-order valence-electron chi connectivity index (χ1n) is 6.70. The van der Waals surface area contributed by atoms with Gasteiger partial charge in [-0.2, -0.15) is 5.10 Å². The van der Waals surface area contributed by atoms with Crippen molar-refractivity contribution in [2.75, 3.05) is 0 Å². The molecule has 0 saturated carbocycles. The molecular weight excluding hydrogens is 318 g/mol. The molecule has 0 saturated heterocycles. The van der Waals surface area contributed by atoms with Crippen LogP contribution in [-0.4, -0.2) is 30.9 Å². The minimum absolute atomic E-state index is 0.0384. The second-order valence-electron chi connectivity index (χ2n) is 4.96. The van der Waals surface area contributed by atoms with Crippen molar-refractivity contribution in [2.45, 2.75) is 6.92 Å². The van der Waals surface area contributed by atoms with Crippen LogP contribution in [0.5, 0.6) is 5.75 Å². The first-order chi connectivity index (χ1) is 11.0. The molecule has 0 fully saturated rings. The number of hydrogen-bond acceptors (Lipinski definition) is 4. The van der Waals surface area contributed by atoms with E-state index >= 15 is 0 Å². The quantitative estimate of drug-likeness (QED) is 0.769. The topological polar surface area (TPSA) is 88.2 Å². The average Bonchev–Trinajstić information content (AvgIpc) is 2.92. The van der Waals surface area contributed by atoms with E-state index < -0.39 is 5.97 Å². The lowest BCUT2D eigenvalue weighted by Crippen LogP contribution is -2.05. The maximum atomic E-state index is 11.1. The predicted octanol–water partition coefficient (Wildman–Crippen LogP) is 3.30. The number of aromatic carboxylic acids is 1. The molecule has 0 bridgehead atoms. The van der Waals surface area contributed by atoms with Gasteiger partial charge in [0.2, 0.25) is 0 Å². The van der Waals surface area contributed by atoms with E-state index in [0.717, 1.165) is 5.56 Å². The maximum absolute atomic E-state index is 11.1. The van der Waals surface area contributed by atoms with Crippen molar-refractivity contribution in [3.8, 4) is 22.8 Å². The highest BCUT2D eigenvalue weighted by atomic mass is 35.5. The zero-order chi connectivity index (χ0) is 16.6. The molecule has 0 amide bonds. The van der Waals surface area contributed by atoms with Crippen LogP contribution in [0.4, 0.5) is 0 Å². The Morgan fingerprint density at radius 1 is 1.26 bits per heavy atom. The standard InChI is InChI=1S/C16H12ClN3O3/c1-9-8-19-20(14-7-11(16(22)23)4-5-18-14)15(9)10-2-3-12(17)13(21)6-10/h2-8,21H,1H3,(H,22,23). The fraction of sp³-hybridized carbons (Fsp3) is 0.0625. The number of pyridine rings is 1. The highest BCUT2D eigenvalue weighted by molar-refractivity contribution is 6.32. The number of halogens is 1. The van der Waals surface area contributed by atoms with E-state index in [4.69, 9.17) is 16.7 Å². The van der Waals surface area contributed by atoms with Gasteiger partial charge in [-0.3, -0.25) is 0 Å². The molecule has 6 nitrogen and oxygen atoms in total. The molecule has 23 heavy (non-hydrogen) atoms. The Hall–Kier alpha value is -2.86. The number of carboxylic acids is 1. The molecule has 3 rings (SSSR count). The number of nitrogens with zero attached hydrogens (tertiary/aromatic N) is 3. The molecule has 0 aliphatic carbocycles. The molecule has 0 aliphatic heterocycles.